The Bertz CT molecular complexity index is 787. The SMILES string of the molecule is O=C(O)c1c(F)cccc1NS(=O)(=O)C1CCS(=O)(=O)C1. The lowest BCUT2D eigenvalue weighted by Gasteiger charge is -2.14. The third-order valence-electron chi connectivity index (χ3n) is 3.11. The van der Waals surface area contributed by atoms with Crippen LogP contribution in [0.4, 0.5) is 10.1 Å². The van der Waals surface area contributed by atoms with Crippen LogP contribution in [0.1, 0.15) is 16.8 Å². The summed E-state index contributed by atoms with van der Waals surface area (Å²) in [6.45, 7) is 0. The van der Waals surface area contributed by atoms with Crippen LogP contribution in [0.15, 0.2) is 18.2 Å². The van der Waals surface area contributed by atoms with E-state index >= 15 is 0 Å². The van der Waals surface area contributed by atoms with Crippen molar-refractivity contribution in [3.63, 3.8) is 0 Å². The summed E-state index contributed by atoms with van der Waals surface area (Å²) in [4.78, 5) is 11.0. The Balaban J connectivity index is 2.34. The van der Waals surface area contributed by atoms with Gasteiger partial charge in [0.2, 0.25) is 10.0 Å². The van der Waals surface area contributed by atoms with E-state index in [2.05, 4.69) is 0 Å². The van der Waals surface area contributed by atoms with Gasteiger partial charge in [-0.25, -0.2) is 26.0 Å². The maximum atomic E-state index is 13.5. The Labute approximate surface area is 120 Å². The van der Waals surface area contributed by atoms with E-state index in [9.17, 15) is 26.0 Å². The van der Waals surface area contributed by atoms with E-state index in [1.54, 1.807) is 0 Å². The molecule has 2 rings (SSSR count). The quantitative estimate of drug-likeness (QED) is 0.824. The van der Waals surface area contributed by atoms with Gasteiger partial charge in [-0.05, 0) is 18.6 Å². The Morgan fingerprint density at radius 1 is 1.38 bits per heavy atom. The van der Waals surface area contributed by atoms with Crippen molar-refractivity contribution in [2.45, 2.75) is 11.7 Å². The molecule has 1 unspecified atom stereocenters. The van der Waals surface area contributed by atoms with Crippen LogP contribution >= 0.6 is 0 Å². The van der Waals surface area contributed by atoms with Crippen LogP contribution in [0.25, 0.3) is 0 Å². The molecule has 10 heteroatoms. The molecule has 1 atom stereocenters. The third-order valence-corrected chi connectivity index (χ3v) is 6.87. The topological polar surface area (TPSA) is 118 Å². The Kier molecular flexibility index (Phi) is 3.93. The fourth-order valence-corrected chi connectivity index (χ4v) is 6.17. The highest BCUT2D eigenvalue weighted by Gasteiger charge is 2.37. The lowest BCUT2D eigenvalue weighted by molar-refractivity contribution is 0.0693. The number of benzene rings is 1. The largest absolute Gasteiger partial charge is 0.478 e. The Hall–Kier alpha value is -1.68. The number of rotatable bonds is 4. The molecular weight excluding hydrogens is 325 g/mol. The molecule has 0 amide bonds. The zero-order valence-electron chi connectivity index (χ0n) is 10.6. The monoisotopic (exact) mass is 337 g/mol. The van der Waals surface area contributed by atoms with Crippen molar-refractivity contribution in [2.24, 2.45) is 0 Å². The minimum absolute atomic E-state index is 0.0740. The highest BCUT2D eigenvalue weighted by Crippen LogP contribution is 2.25. The molecule has 0 spiro atoms. The molecule has 1 aliphatic rings. The van der Waals surface area contributed by atoms with Gasteiger partial charge in [0.1, 0.15) is 11.4 Å². The number of hydrogen-bond acceptors (Lipinski definition) is 5. The zero-order valence-corrected chi connectivity index (χ0v) is 12.2. The summed E-state index contributed by atoms with van der Waals surface area (Å²) in [5.74, 6) is -3.47. The molecular formula is C11H12FNO6S2. The molecule has 1 aliphatic heterocycles. The van der Waals surface area contributed by atoms with E-state index < -0.39 is 53.9 Å². The summed E-state index contributed by atoms with van der Waals surface area (Å²) in [6, 6.07) is 3.15. The van der Waals surface area contributed by atoms with Crippen molar-refractivity contribution < 1.29 is 31.1 Å². The maximum absolute atomic E-state index is 13.5. The number of hydrogen-bond donors (Lipinski definition) is 2. The van der Waals surface area contributed by atoms with E-state index in [1.807, 2.05) is 4.72 Å². The molecule has 0 aromatic heterocycles. The molecule has 116 valence electrons. The lowest BCUT2D eigenvalue weighted by atomic mass is 10.2. The summed E-state index contributed by atoms with van der Waals surface area (Å²) in [6.07, 6.45) is -0.0740. The van der Waals surface area contributed by atoms with Crippen LogP contribution in [0.2, 0.25) is 0 Å². The molecule has 7 nitrogen and oxygen atoms in total. The summed E-state index contributed by atoms with van der Waals surface area (Å²) in [5, 5.41) is 7.75. The minimum atomic E-state index is -4.12. The summed E-state index contributed by atoms with van der Waals surface area (Å²) >= 11 is 0. The molecule has 0 saturated carbocycles. The fraction of sp³-hybridized carbons (Fsp3) is 0.364. The summed E-state index contributed by atoms with van der Waals surface area (Å²) in [7, 11) is -7.53. The van der Waals surface area contributed by atoms with Gasteiger partial charge in [0, 0.05) is 0 Å². The van der Waals surface area contributed by atoms with Crippen molar-refractivity contribution >= 4 is 31.5 Å². The van der Waals surface area contributed by atoms with Crippen LogP contribution in [0, 0.1) is 5.82 Å². The zero-order chi connectivity index (χ0) is 15.8. The standard InChI is InChI=1S/C11H12FNO6S2/c12-8-2-1-3-9(10(8)11(14)15)13-21(18,19)7-4-5-20(16,17)6-7/h1-3,7,13H,4-6H2,(H,14,15). The second-order valence-corrected chi connectivity index (χ2v) is 8.83. The van der Waals surface area contributed by atoms with E-state index in [0.717, 1.165) is 18.2 Å². The second-order valence-electron chi connectivity index (χ2n) is 4.64. The van der Waals surface area contributed by atoms with E-state index in [1.165, 1.54) is 0 Å². The van der Waals surface area contributed by atoms with Gasteiger partial charge in [-0.2, -0.15) is 0 Å². The van der Waals surface area contributed by atoms with Gasteiger partial charge >= 0.3 is 5.97 Å². The number of sulfone groups is 1. The number of carboxylic acid groups (broad SMARTS) is 1. The lowest BCUT2D eigenvalue weighted by Crippen LogP contribution is -2.29. The average molecular weight is 337 g/mol. The van der Waals surface area contributed by atoms with Crippen LogP contribution in [-0.4, -0.2) is 44.7 Å². The molecule has 0 bridgehead atoms. The number of nitrogens with one attached hydrogen (secondary N) is 1. The smallest absolute Gasteiger partial charge is 0.340 e. The van der Waals surface area contributed by atoms with Gasteiger partial charge in [0.25, 0.3) is 0 Å². The van der Waals surface area contributed by atoms with Crippen LogP contribution < -0.4 is 4.72 Å². The molecule has 1 fully saturated rings. The molecule has 0 radical (unpaired) electrons. The molecule has 1 aromatic carbocycles. The van der Waals surface area contributed by atoms with Gasteiger partial charge in [-0.1, -0.05) is 6.07 Å². The molecule has 1 aromatic rings. The molecule has 21 heavy (non-hydrogen) atoms. The van der Waals surface area contributed by atoms with Crippen molar-refractivity contribution in [1.29, 1.82) is 0 Å². The van der Waals surface area contributed by atoms with Gasteiger partial charge < -0.3 is 5.11 Å². The number of sulfonamides is 1. The van der Waals surface area contributed by atoms with Crippen LogP contribution in [0.3, 0.4) is 0 Å². The number of aromatic carboxylic acids is 1. The van der Waals surface area contributed by atoms with Crippen LogP contribution in [-0.2, 0) is 19.9 Å². The molecule has 2 N–H and O–H groups in total. The molecule has 1 heterocycles. The number of anilines is 1. The Morgan fingerprint density at radius 3 is 2.57 bits per heavy atom. The minimum Gasteiger partial charge on any atom is -0.478 e. The predicted octanol–water partition coefficient (Wildman–Crippen LogP) is 0.453. The van der Waals surface area contributed by atoms with Crippen molar-refractivity contribution in [3.05, 3.63) is 29.6 Å². The van der Waals surface area contributed by atoms with Crippen molar-refractivity contribution in [3.8, 4) is 0 Å². The first kappa shape index (κ1) is 15.7. The van der Waals surface area contributed by atoms with Gasteiger partial charge in [-0.15, -0.1) is 0 Å². The average Bonchev–Trinajstić information content (AvgIpc) is 2.69. The Morgan fingerprint density at radius 2 is 2.05 bits per heavy atom. The third kappa shape index (κ3) is 3.32. The molecule has 1 saturated heterocycles. The first-order valence-electron chi connectivity index (χ1n) is 5.86. The highest BCUT2D eigenvalue weighted by molar-refractivity contribution is 7.97. The van der Waals surface area contributed by atoms with E-state index in [0.29, 0.717) is 0 Å². The van der Waals surface area contributed by atoms with Gasteiger partial charge in [-0.3, -0.25) is 4.72 Å². The second kappa shape index (κ2) is 5.26. The van der Waals surface area contributed by atoms with Crippen LogP contribution in [0.5, 0.6) is 0 Å². The predicted molar refractivity (Wildman–Crippen MR) is 73.0 cm³/mol. The summed E-state index contributed by atoms with van der Waals surface area (Å²) < 4.78 is 62.3. The normalized spacial score (nSPS) is 21.1. The van der Waals surface area contributed by atoms with E-state index in [-0.39, 0.29) is 12.2 Å². The first-order valence-corrected chi connectivity index (χ1v) is 9.23. The van der Waals surface area contributed by atoms with Crippen molar-refractivity contribution in [2.75, 3.05) is 16.2 Å². The maximum Gasteiger partial charge on any atom is 0.340 e. The van der Waals surface area contributed by atoms with E-state index in [4.69, 9.17) is 5.11 Å². The fourth-order valence-electron chi connectivity index (χ4n) is 2.07. The van der Waals surface area contributed by atoms with Crippen molar-refractivity contribution in [1.82, 2.24) is 0 Å². The number of carboxylic acids is 1. The van der Waals surface area contributed by atoms with Gasteiger partial charge in [0.05, 0.1) is 22.4 Å². The van der Waals surface area contributed by atoms with Gasteiger partial charge in [0.15, 0.2) is 9.84 Å². The first-order chi connectivity index (χ1) is 9.62. The summed E-state index contributed by atoms with van der Waals surface area (Å²) in [5.41, 5.74) is -1.23. The number of carbonyl (C=O) groups is 1. The highest BCUT2D eigenvalue weighted by atomic mass is 32.2. The number of halogens is 1. The molecule has 0 aliphatic carbocycles.